The third-order valence-electron chi connectivity index (χ3n) is 1.57. The number of anilines is 1. The highest BCUT2D eigenvalue weighted by Crippen LogP contribution is 2.31. The van der Waals surface area contributed by atoms with Crippen LogP contribution in [0.1, 0.15) is 6.92 Å². The molecule has 14 heavy (non-hydrogen) atoms. The molecule has 0 bridgehead atoms. The number of nitrogens with one attached hydrogen (secondary N) is 1. The van der Waals surface area contributed by atoms with Crippen molar-refractivity contribution in [1.82, 2.24) is 0 Å². The van der Waals surface area contributed by atoms with Crippen molar-refractivity contribution in [2.24, 2.45) is 0 Å². The van der Waals surface area contributed by atoms with Crippen LogP contribution in [0.4, 0.5) is 10.1 Å². The molecule has 76 valence electrons. The lowest BCUT2D eigenvalue weighted by atomic mass is 10.3. The highest BCUT2D eigenvalue weighted by molar-refractivity contribution is 9.10. The van der Waals surface area contributed by atoms with Gasteiger partial charge in [-0.15, -0.1) is 0 Å². The molecular formula is C10H10BrClFN. The average molecular weight is 279 g/mol. The quantitative estimate of drug-likeness (QED) is 0.816. The van der Waals surface area contributed by atoms with E-state index in [1.54, 1.807) is 0 Å². The van der Waals surface area contributed by atoms with Gasteiger partial charge in [-0.3, -0.25) is 0 Å². The molecule has 1 N–H and O–H groups in total. The Morgan fingerprint density at radius 2 is 2.29 bits per heavy atom. The molecule has 0 radical (unpaired) electrons. The minimum absolute atomic E-state index is 0.359. The van der Waals surface area contributed by atoms with Gasteiger partial charge in [-0.2, -0.15) is 0 Å². The smallest absolute Gasteiger partial charge is 0.125 e. The first-order valence-corrected chi connectivity index (χ1v) is 5.20. The van der Waals surface area contributed by atoms with E-state index in [1.807, 2.05) is 6.92 Å². The van der Waals surface area contributed by atoms with Crippen molar-refractivity contribution in [3.05, 3.63) is 39.6 Å². The Morgan fingerprint density at radius 3 is 2.79 bits per heavy atom. The summed E-state index contributed by atoms with van der Waals surface area (Å²) >= 11 is 9.09. The van der Waals surface area contributed by atoms with Gasteiger partial charge in [0.25, 0.3) is 0 Å². The Bertz CT molecular complexity index is 342. The van der Waals surface area contributed by atoms with Crippen molar-refractivity contribution < 1.29 is 4.39 Å². The summed E-state index contributed by atoms with van der Waals surface area (Å²) in [6.45, 7) is 6.27. The predicted octanol–water partition coefficient (Wildman–Crippen LogP) is 4.23. The summed E-state index contributed by atoms with van der Waals surface area (Å²) in [4.78, 5) is 0. The Morgan fingerprint density at radius 1 is 1.64 bits per heavy atom. The van der Waals surface area contributed by atoms with Crippen LogP contribution in [0.5, 0.6) is 0 Å². The molecule has 0 fully saturated rings. The molecule has 1 aromatic carbocycles. The third-order valence-corrected chi connectivity index (χ3v) is 2.50. The molecule has 0 amide bonds. The van der Waals surface area contributed by atoms with Gasteiger partial charge in [0, 0.05) is 11.0 Å². The van der Waals surface area contributed by atoms with E-state index in [0.29, 0.717) is 21.7 Å². The van der Waals surface area contributed by atoms with Gasteiger partial charge >= 0.3 is 0 Å². The second-order valence-electron chi connectivity index (χ2n) is 3.06. The molecule has 1 aromatic rings. The first-order chi connectivity index (χ1) is 6.50. The zero-order chi connectivity index (χ0) is 10.7. The van der Waals surface area contributed by atoms with E-state index in [9.17, 15) is 4.39 Å². The maximum absolute atomic E-state index is 12.8. The molecule has 0 aromatic heterocycles. The lowest BCUT2D eigenvalue weighted by Gasteiger charge is -2.10. The SMILES string of the molecule is C=C(C)CNc1c(Cl)cc(F)cc1Br. The highest BCUT2D eigenvalue weighted by Gasteiger charge is 2.06. The Labute approximate surface area is 96.1 Å². The summed E-state index contributed by atoms with van der Waals surface area (Å²) in [6, 6.07) is 2.64. The summed E-state index contributed by atoms with van der Waals surface area (Å²) in [5.41, 5.74) is 1.67. The topological polar surface area (TPSA) is 12.0 Å². The predicted molar refractivity (Wildman–Crippen MR) is 62.4 cm³/mol. The van der Waals surface area contributed by atoms with E-state index in [1.165, 1.54) is 12.1 Å². The first-order valence-electron chi connectivity index (χ1n) is 4.03. The summed E-state index contributed by atoms with van der Waals surface area (Å²) in [7, 11) is 0. The Hall–Kier alpha value is -0.540. The van der Waals surface area contributed by atoms with Crippen LogP contribution in [-0.4, -0.2) is 6.54 Å². The number of halogens is 3. The highest BCUT2D eigenvalue weighted by atomic mass is 79.9. The number of rotatable bonds is 3. The average Bonchev–Trinajstić information content (AvgIpc) is 2.01. The lowest BCUT2D eigenvalue weighted by Crippen LogP contribution is -2.03. The largest absolute Gasteiger partial charge is 0.379 e. The molecule has 0 saturated heterocycles. The van der Waals surface area contributed by atoms with Gasteiger partial charge in [-0.05, 0) is 35.0 Å². The zero-order valence-corrected chi connectivity index (χ0v) is 10.0. The van der Waals surface area contributed by atoms with Crippen LogP contribution in [-0.2, 0) is 0 Å². The normalized spacial score (nSPS) is 10.0. The van der Waals surface area contributed by atoms with Crippen molar-refractivity contribution in [2.45, 2.75) is 6.92 Å². The molecule has 0 atom stereocenters. The molecule has 1 nitrogen and oxygen atoms in total. The van der Waals surface area contributed by atoms with Crippen LogP contribution >= 0.6 is 27.5 Å². The van der Waals surface area contributed by atoms with Crippen LogP contribution in [0.2, 0.25) is 5.02 Å². The van der Waals surface area contributed by atoms with Crippen LogP contribution in [0, 0.1) is 5.82 Å². The molecule has 0 aliphatic rings. The van der Waals surface area contributed by atoms with Crippen molar-refractivity contribution in [3.8, 4) is 0 Å². The third kappa shape index (κ3) is 3.00. The molecule has 0 aliphatic carbocycles. The summed E-state index contributed by atoms with van der Waals surface area (Å²) in [6.07, 6.45) is 0. The van der Waals surface area contributed by atoms with E-state index < -0.39 is 0 Å². The second-order valence-corrected chi connectivity index (χ2v) is 4.32. The summed E-state index contributed by atoms with van der Waals surface area (Å²) in [5, 5.41) is 3.42. The Kier molecular flexibility index (Phi) is 3.96. The molecular weight excluding hydrogens is 268 g/mol. The number of benzene rings is 1. The van der Waals surface area contributed by atoms with Crippen LogP contribution < -0.4 is 5.32 Å². The van der Waals surface area contributed by atoms with Crippen molar-refractivity contribution in [1.29, 1.82) is 0 Å². The van der Waals surface area contributed by atoms with Gasteiger partial charge < -0.3 is 5.32 Å². The van der Waals surface area contributed by atoms with E-state index in [2.05, 4.69) is 27.8 Å². The molecule has 0 unspecified atom stereocenters. The zero-order valence-electron chi connectivity index (χ0n) is 7.70. The van der Waals surface area contributed by atoms with Crippen LogP contribution in [0.3, 0.4) is 0 Å². The van der Waals surface area contributed by atoms with Gasteiger partial charge in [0.05, 0.1) is 10.7 Å². The monoisotopic (exact) mass is 277 g/mol. The molecule has 0 saturated carbocycles. The van der Waals surface area contributed by atoms with Gasteiger partial charge in [0.15, 0.2) is 0 Å². The maximum Gasteiger partial charge on any atom is 0.125 e. The Balaban J connectivity index is 2.91. The van der Waals surface area contributed by atoms with Gasteiger partial charge in [-0.1, -0.05) is 23.8 Å². The molecule has 0 aliphatic heterocycles. The molecule has 0 spiro atoms. The first kappa shape index (κ1) is 11.5. The van der Waals surface area contributed by atoms with Gasteiger partial charge in [0.1, 0.15) is 5.82 Å². The van der Waals surface area contributed by atoms with Crippen LogP contribution in [0.15, 0.2) is 28.8 Å². The van der Waals surface area contributed by atoms with E-state index >= 15 is 0 Å². The second kappa shape index (κ2) is 4.80. The number of hydrogen-bond acceptors (Lipinski definition) is 1. The van der Waals surface area contributed by atoms with Gasteiger partial charge in [-0.25, -0.2) is 4.39 Å². The fourth-order valence-electron chi connectivity index (χ4n) is 0.950. The number of hydrogen-bond donors (Lipinski definition) is 1. The lowest BCUT2D eigenvalue weighted by molar-refractivity contribution is 0.627. The summed E-state index contributed by atoms with van der Waals surface area (Å²) in [5.74, 6) is -0.359. The van der Waals surface area contributed by atoms with Crippen molar-refractivity contribution in [3.63, 3.8) is 0 Å². The van der Waals surface area contributed by atoms with Crippen molar-refractivity contribution >= 4 is 33.2 Å². The van der Waals surface area contributed by atoms with E-state index in [0.717, 1.165) is 5.57 Å². The molecule has 4 heteroatoms. The fraction of sp³-hybridized carbons (Fsp3) is 0.200. The fourth-order valence-corrected chi connectivity index (χ4v) is 1.91. The summed E-state index contributed by atoms with van der Waals surface area (Å²) < 4.78 is 13.5. The minimum Gasteiger partial charge on any atom is -0.379 e. The molecule has 1 rings (SSSR count). The standard InChI is InChI=1S/C10H10BrClFN/c1-6(2)5-14-10-8(11)3-7(13)4-9(10)12/h3-4,14H,1,5H2,2H3. The minimum atomic E-state index is -0.359. The van der Waals surface area contributed by atoms with E-state index in [4.69, 9.17) is 11.6 Å². The molecule has 0 heterocycles. The maximum atomic E-state index is 12.8. The van der Waals surface area contributed by atoms with Gasteiger partial charge in [0.2, 0.25) is 0 Å². The van der Waals surface area contributed by atoms with Crippen LogP contribution in [0.25, 0.3) is 0 Å². The van der Waals surface area contributed by atoms with E-state index in [-0.39, 0.29) is 5.82 Å². The van der Waals surface area contributed by atoms with Crippen molar-refractivity contribution in [2.75, 3.05) is 11.9 Å².